The molecule has 0 aromatic heterocycles. The summed E-state index contributed by atoms with van der Waals surface area (Å²) in [5, 5.41) is 13.0. The second-order valence-electron chi connectivity index (χ2n) is 5.76. The van der Waals surface area contributed by atoms with E-state index in [1.165, 1.54) is 19.3 Å². The van der Waals surface area contributed by atoms with E-state index in [4.69, 9.17) is 0 Å². The highest BCUT2D eigenvalue weighted by atomic mass is 16.4. The molecule has 92 valence electrons. The minimum absolute atomic E-state index is 0.0270. The Labute approximate surface area is 97.6 Å². The van der Waals surface area contributed by atoms with Crippen LogP contribution in [0, 0.1) is 10.8 Å². The van der Waals surface area contributed by atoms with Gasteiger partial charge in [0.2, 0.25) is 0 Å². The van der Waals surface area contributed by atoms with Crippen molar-refractivity contribution in [2.24, 2.45) is 10.8 Å². The number of carboxylic acid groups (broad SMARTS) is 1. The summed E-state index contributed by atoms with van der Waals surface area (Å²) in [7, 11) is 0. The SMILES string of the molecule is CC1(C2(C(=O)O)CCNCC2)CCCCC1. The number of hydrogen-bond donors (Lipinski definition) is 2. The zero-order valence-electron chi connectivity index (χ0n) is 10.2. The zero-order valence-corrected chi connectivity index (χ0v) is 10.2. The summed E-state index contributed by atoms with van der Waals surface area (Å²) in [4.78, 5) is 11.8. The molecule has 1 aliphatic carbocycles. The van der Waals surface area contributed by atoms with Crippen LogP contribution in [0.15, 0.2) is 0 Å². The van der Waals surface area contributed by atoms with Crippen LogP contribution in [0.2, 0.25) is 0 Å². The van der Waals surface area contributed by atoms with E-state index >= 15 is 0 Å². The number of carbonyl (C=O) groups is 1. The highest BCUT2D eigenvalue weighted by Gasteiger charge is 2.53. The molecule has 0 aromatic carbocycles. The third-order valence-corrected chi connectivity index (χ3v) is 4.98. The average molecular weight is 225 g/mol. The number of piperidine rings is 1. The van der Waals surface area contributed by atoms with Crippen LogP contribution < -0.4 is 5.32 Å². The molecule has 2 aliphatic rings. The van der Waals surface area contributed by atoms with Gasteiger partial charge in [-0.15, -0.1) is 0 Å². The maximum Gasteiger partial charge on any atom is 0.310 e. The van der Waals surface area contributed by atoms with Gasteiger partial charge in [0.25, 0.3) is 0 Å². The maximum atomic E-state index is 11.8. The Morgan fingerprint density at radius 1 is 1.06 bits per heavy atom. The Hall–Kier alpha value is -0.570. The molecule has 2 rings (SSSR count). The Bertz CT molecular complexity index is 263. The first-order valence-electron chi connectivity index (χ1n) is 6.55. The van der Waals surface area contributed by atoms with Crippen LogP contribution in [-0.4, -0.2) is 24.2 Å². The average Bonchev–Trinajstić information content (AvgIpc) is 2.30. The van der Waals surface area contributed by atoms with Gasteiger partial charge in [0, 0.05) is 0 Å². The van der Waals surface area contributed by atoms with Gasteiger partial charge in [0.1, 0.15) is 0 Å². The van der Waals surface area contributed by atoms with E-state index < -0.39 is 11.4 Å². The van der Waals surface area contributed by atoms with Crippen molar-refractivity contribution < 1.29 is 9.90 Å². The van der Waals surface area contributed by atoms with Gasteiger partial charge in [-0.05, 0) is 44.2 Å². The molecule has 0 bridgehead atoms. The van der Waals surface area contributed by atoms with Gasteiger partial charge < -0.3 is 10.4 Å². The predicted molar refractivity (Wildman–Crippen MR) is 63.4 cm³/mol. The predicted octanol–water partition coefficient (Wildman–Crippen LogP) is 2.41. The number of rotatable bonds is 2. The number of carboxylic acids is 1. The monoisotopic (exact) mass is 225 g/mol. The zero-order chi connectivity index (χ0) is 11.6. The van der Waals surface area contributed by atoms with E-state index in [0.29, 0.717) is 0 Å². The molecule has 3 nitrogen and oxygen atoms in total. The lowest BCUT2D eigenvalue weighted by Gasteiger charge is -2.50. The third kappa shape index (κ3) is 1.75. The summed E-state index contributed by atoms with van der Waals surface area (Å²) in [5.41, 5.74) is -0.433. The molecule has 1 aliphatic heterocycles. The first-order valence-corrected chi connectivity index (χ1v) is 6.55. The second kappa shape index (κ2) is 4.36. The van der Waals surface area contributed by atoms with Crippen molar-refractivity contribution in [3.8, 4) is 0 Å². The fourth-order valence-corrected chi connectivity index (χ4v) is 3.74. The molecule has 0 atom stereocenters. The molecule has 1 saturated carbocycles. The molecule has 0 spiro atoms. The summed E-state index contributed by atoms with van der Waals surface area (Å²) in [6.45, 7) is 3.94. The van der Waals surface area contributed by atoms with Crippen molar-refractivity contribution in [2.75, 3.05) is 13.1 Å². The minimum atomic E-state index is -0.557. The van der Waals surface area contributed by atoms with Crippen LogP contribution in [0.5, 0.6) is 0 Å². The van der Waals surface area contributed by atoms with Crippen molar-refractivity contribution in [3.05, 3.63) is 0 Å². The maximum absolute atomic E-state index is 11.8. The van der Waals surface area contributed by atoms with E-state index in [1.54, 1.807) is 0 Å². The van der Waals surface area contributed by atoms with Crippen LogP contribution in [-0.2, 0) is 4.79 Å². The van der Waals surface area contributed by atoms with Crippen LogP contribution >= 0.6 is 0 Å². The van der Waals surface area contributed by atoms with E-state index in [-0.39, 0.29) is 5.41 Å². The van der Waals surface area contributed by atoms with E-state index in [1.807, 2.05) is 0 Å². The fourth-order valence-electron chi connectivity index (χ4n) is 3.74. The normalized spacial score (nSPS) is 28.6. The lowest BCUT2D eigenvalue weighted by Crippen LogP contribution is -2.53. The van der Waals surface area contributed by atoms with Crippen molar-refractivity contribution in [2.45, 2.75) is 51.9 Å². The smallest absolute Gasteiger partial charge is 0.310 e. The summed E-state index contributed by atoms with van der Waals surface area (Å²) in [6.07, 6.45) is 7.50. The molecule has 16 heavy (non-hydrogen) atoms. The molecule has 3 heteroatoms. The number of hydrogen-bond acceptors (Lipinski definition) is 2. The quantitative estimate of drug-likeness (QED) is 0.758. The van der Waals surface area contributed by atoms with Gasteiger partial charge in [-0.25, -0.2) is 0 Å². The molecular weight excluding hydrogens is 202 g/mol. The molecule has 0 amide bonds. The van der Waals surface area contributed by atoms with Gasteiger partial charge in [-0.1, -0.05) is 26.2 Å². The lowest BCUT2D eigenvalue weighted by molar-refractivity contribution is -0.163. The molecule has 2 fully saturated rings. The topological polar surface area (TPSA) is 49.3 Å². The van der Waals surface area contributed by atoms with Crippen LogP contribution in [0.25, 0.3) is 0 Å². The van der Waals surface area contributed by atoms with Gasteiger partial charge in [0.15, 0.2) is 0 Å². The summed E-state index contributed by atoms with van der Waals surface area (Å²) in [5.74, 6) is -0.557. The Balaban J connectivity index is 2.26. The van der Waals surface area contributed by atoms with Crippen molar-refractivity contribution >= 4 is 5.97 Å². The van der Waals surface area contributed by atoms with Crippen LogP contribution in [0.3, 0.4) is 0 Å². The fraction of sp³-hybridized carbons (Fsp3) is 0.923. The van der Waals surface area contributed by atoms with Crippen molar-refractivity contribution in [1.29, 1.82) is 0 Å². The van der Waals surface area contributed by atoms with Gasteiger partial charge in [-0.3, -0.25) is 4.79 Å². The third-order valence-electron chi connectivity index (χ3n) is 4.98. The van der Waals surface area contributed by atoms with E-state index in [0.717, 1.165) is 38.8 Å². The summed E-state index contributed by atoms with van der Waals surface area (Å²) in [6, 6.07) is 0. The van der Waals surface area contributed by atoms with Gasteiger partial charge >= 0.3 is 5.97 Å². The summed E-state index contributed by atoms with van der Waals surface area (Å²) < 4.78 is 0. The minimum Gasteiger partial charge on any atom is -0.481 e. The van der Waals surface area contributed by atoms with E-state index in [9.17, 15) is 9.90 Å². The Morgan fingerprint density at radius 2 is 1.62 bits per heavy atom. The lowest BCUT2D eigenvalue weighted by atomic mass is 9.54. The molecule has 0 aromatic rings. The molecule has 1 saturated heterocycles. The number of nitrogens with one attached hydrogen (secondary N) is 1. The molecule has 0 unspecified atom stereocenters. The van der Waals surface area contributed by atoms with Gasteiger partial charge in [-0.2, -0.15) is 0 Å². The molecule has 1 heterocycles. The molecule has 2 N–H and O–H groups in total. The van der Waals surface area contributed by atoms with Crippen molar-refractivity contribution in [1.82, 2.24) is 5.32 Å². The first-order chi connectivity index (χ1) is 7.61. The highest BCUT2D eigenvalue weighted by molar-refractivity contribution is 5.76. The molecular formula is C13H23NO2. The highest BCUT2D eigenvalue weighted by Crippen LogP contribution is 2.54. The standard InChI is InChI=1S/C13H23NO2/c1-12(5-3-2-4-6-12)13(11(15)16)7-9-14-10-8-13/h14H,2-10H2,1H3,(H,15,16). The Kier molecular flexibility index (Phi) is 3.24. The second-order valence-corrected chi connectivity index (χ2v) is 5.76. The largest absolute Gasteiger partial charge is 0.481 e. The van der Waals surface area contributed by atoms with Crippen molar-refractivity contribution in [3.63, 3.8) is 0 Å². The molecule has 0 radical (unpaired) electrons. The Morgan fingerprint density at radius 3 is 2.12 bits per heavy atom. The summed E-state index contributed by atoms with van der Waals surface area (Å²) >= 11 is 0. The van der Waals surface area contributed by atoms with Crippen LogP contribution in [0.1, 0.15) is 51.9 Å². The van der Waals surface area contributed by atoms with Gasteiger partial charge in [0.05, 0.1) is 5.41 Å². The number of aliphatic carboxylic acids is 1. The van der Waals surface area contributed by atoms with E-state index in [2.05, 4.69) is 12.2 Å². The first kappa shape index (κ1) is 11.9. The van der Waals surface area contributed by atoms with Crippen LogP contribution in [0.4, 0.5) is 0 Å².